The molecule has 0 bridgehead atoms. The molecule has 2 heterocycles. The van der Waals surface area contributed by atoms with Crippen LogP contribution in [0, 0.1) is 20.8 Å². The van der Waals surface area contributed by atoms with Gasteiger partial charge in [0.25, 0.3) is 5.91 Å². The number of rotatable bonds is 6. The Kier molecular flexibility index (Phi) is 5.71. The van der Waals surface area contributed by atoms with Gasteiger partial charge in [0.2, 0.25) is 5.76 Å². The average molecular weight is 419 g/mol. The first kappa shape index (κ1) is 21.3. The molecule has 0 saturated heterocycles. The molecule has 0 fully saturated rings. The molecule has 0 aliphatic carbocycles. The predicted octanol–water partition coefficient (Wildman–Crippen LogP) is 4.61. The topological polar surface area (TPSA) is 53.8 Å². The van der Waals surface area contributed by atoms with Gasteiger partial charge in [-0.2, -0.15) is 0 Å². The zero-order valence-electron chi connectivity index (χ0n) is 19.0. The van der Waals surface area contributed by atoms with Gasteiger partial charge in [-0.05, 0) is 62.7 Å². The quantitative estimate of drug-likeness (QED) is 0.587. The molecule has 0 saturated carbocycles. The van der Waals surface area contributed by atoms with Crippen LogP contribution in [0.15, 0.2) is 45.6 Å². The molecule has 0 spiro atoms. The van der Waals surface area contributed by atoms with Crippen molar-refractivity contribution in [1.29, 1.82) is 0 Å². The summed E-state index contributed by atoms with van der Waals surface area (Å²) >= 11 is 0. The number of hydrogen-bond acceptors (Lipinski definition) is 4. The van der Waals surface area contributed by atoms with Gasteiger partial charge in [0.1, 0.15) is 5.58 Å². The standard InChI is InChI=1S/C26H30N2O3/c1-6-27(7-2)12-13-28-23(19-10-8-16(3)9-11-19)22-24(29)20-14-17(4)18(5)15-21(20)31-25(22)26(28)30/h8-11,14-15,23H,6-7,12-13H2,1-5H3. The van der Waals surface area contributed by atoms with E-state index in [9.17, 15) is 9.59 Å². The van der Waals surface area contributed by atoms with Crippen molar-refractivity contribution in [1.82, 2.24) is 9.80 Å². The van der Waals surface area contributed by atoms with Crippen LogP contribution in [-0.4, -0.2) is 41.9 Å². The molecule has 1 aliphatic heterocycles. The molecule has 2 aromatic carbocycles. The van der Waals surface area contributed by atoms with Crippen molar-refractivity contribution in [3.05, 3.63) is 80.2 Å². The summed E-state index contributed by atoms with van der Waals surface area (Å²) in [7, 11) is 0. The van der Waals surface area contributed by atoms with Crippen LogP contribution in [0.25, 0.3) is 11.0 Å². The Morgan fingerprint density at radius 2 is 1.61 bits per heavy atom. The van der Waals surface area contributed by atoms with Crippen molar-refractivity contribution in [2.75, 3.05) is 26.2 Å². The first-order valence-electron chi connectivity index (χ1n) is 11.0. The number of aryl methyl sites for hydroxylation is 3. The fourth-order valence-electron chi connectivity index (χ4n) is 4.39. The molecule has 0 N–H and O–H groups in total. The molecule has 31 heavy (non-hydrogen) atoms. The van der Waals surface area contributed by atoms with Crippen LogP contribution in [0.2, 0.25) is 0 Å². The monoisotopic (exact) mass is 418 g/mol. The van der Waals surface area contributed by atoms with Gasteiger partial charge >= 0.3 is 0 Å². The molecule has 1 atom stereocenters. The molecule has 1 aromatic heterocycles. The maximum atomic E-state index is 13.6. The third kappa shape index (κ3) is 3.68. The summed E-state index contributed by atoms with van der Waals surface area (Å²) in [6.07, 6.45) is 0. The number of nitrogens with zero attached hydrogens (tertiary/aromatic N) is 2. The van der Waals surface area contributed by atoms with Crippen molar-refractivity contribution in [3.8, 4) is 0 Å². The van der Waals surface area contributed by atoms with E-state index in [0.717, 1.165) is 41.9 Å². The largest absolute Gasteiger partial charge is 0.450 e. The maximum Gasteiger partial charge on any atom is 0.290 e. The molecular weight excluding hydrogens is 388 g/mol. The van der Waals surface area contributed by atoms with E-state index < -0.39 is 6.04 Å². The lowest BCUT2D eigenvalue weighted by atomic mass is 9.97. The molecule has 5 heteroatoms. The van der Waals surface area contributed by atoms with Gasteiger partial charge < -0.3 is 14.2 Å². The van der Waals surface area contributed by atoms with Crippen LogP contribution >= 0.6 is 0 Å². The van der Waals surface area contributed by atoms with Crippen LogP contribution in [0.5, 0.6) is 0 Å². The van der Waals surface area contributed by atoms with Gasteiger partial charge in [0.05, 0.1) is 17.0 Å². The third-order valence-electron chi connectivity index (χ3n) is 6.53. The van der Waals surface area contributed by atoms with Crippen molar-refractivity contribution in [2.24, 2.45) is 0 Å². The SMILES string of the molecule is CCN(CC)CCN1C(=O)c2oc3cc(C)c(C)cc3c(=O)c2C1c1ccc(C)cc1. The second kappa shape index (κ2) is 8.31. The summed E-state index contributed by atoms with van der Waals surface area (Å²) < 4.78 is 6.09. The number of fused-ring (bicyclic) bond motifs is 2. The fraction of sp³-hybridized carbons (Fsp3) is 0.385. The molecule has 1 aliphatic rings. The van der Waals surface area contributed by atoms with E-state index in [-0.39, 0.29) is 17.1 Å². The van der Waals surface area contributed by atoms with E-state index in [1.54, 1.807) is 4.90 Å². The summed E-state index contributed by atoms with van der Waals surface area (Å²) in [4.78, 5) is 31.2. The highest BCUT2D eigenvalue weighted by atomic mass is 16.3. The van der Waals surface area contributed by atoms with Gasteiger partial charge in [-0.3, -0.25) is 9.59 Å². The Morgan fingerprint density at radius 3 is 2.26 bits per heavy atom. The molecule has 3 aromatic rings. The highest BCUT2D eigenvalue weighted by Crippen LogP contribution is 2.38. The van der Waals surface area contributed by atoms with Crippen LogP contribution in [0.4, 0.5) is 0 Å². The summed E-state index contributed by atoms with van der Waals surface area (Å²) in [5, 5.41) is 0.539. The Balaban J connectivity index is 1.89. The lowest BCUT2D eigenvalue weighted by Crippen LogP contribution is -2.37. The summed E-state index contributed by atoms with van der Waals surface area (Å²) in [6, 6.07) is 11.4. The minimum Gasteiger partial charge on any atom is -0.450 e. The summed E-state index contributed by atoms with van der Waals surface area (Å²) in [5.74, 6) is -0.0177. The Bertz CT molecular complexity index is 1190. The highest BCUT2D eigenvalue weighted by molar-refractivity contribution is 5.99. The first-order valence-corrected chi connectivity index (χ1v) is 11.0. The van der Waals surface area contributed by atoms with Crippen LogP contribution in [0.1, 0.15) is 58.3 Å². The Hall–Kier alpha value is -2.92. The van der Waals surface area contributed by atoms with Gasteiger partial charge in [0.15, 0.2) is 5.43 Å². The number of carbonyl (C=O) groups is 1. The van der Waals surface area contributed by atoms with E-state index in [1.165, 1.54) is 0 Å². The van der Waals surface area contributed by atoms with Gasteiger partial charge in [-0.25, -0.2) is 0 Å². The molecule has 162 valence electrons. The first-order chi connectivity index (χ1) is 14.8. The lowest BCUT2D eigenvalue weighted by Gasteiger charge is -2.28. The normalized spacial score (nSPS) is 15.9. The second-order valence-corrected chi connectivity index (χ2v) is 8.45. The third-order valence-corrected chi connectivity index (χ3v) is 6.53. The molecular formula is C26H30N2O3. The van der Waals surface area contributed by atoms with Crippen LogP contribution in [-0.2, 0) is 0 Å². The number of carbonyl (C=O) groups excluding carboxylic acids is 1. The van der Waals surface area contributed by atoms with Gasteiger partial charge in [-0.1, -0.05) is 43.7 Å². The molecule has 1 amide bonds. The average Bonchev–Trinajstić information content (AvgIpc) is 3.03. The number of benzene rings is 2. The maximum absolute atomic E-state index is 13.6. The van der Waals surface area contributed by atoms with Crippen molar-refractivity contribution in [3.63, 3.8) is 0 Å². The minimum atomic E-state index is -0.430. The van der Waals surface area contributed by atoms with Gasteiger partial charge in [0, 0.05) is 13.1 Å². The second-order valence-electron chi connectivity index (χ2n) is 8.45. The Morgan fingerprint density at radius 1 is 0.968 bits per heavy atom. The zero-order valence-corrected chi connectivity index (χ0v) is 19.0. The number of hydrogen-bond donors (Lipinski definition) is 0. The zero-order chi connectivity index (χ0) is 22.3. The van der Waals surface area contributed by atoms with E-state index in [1.807, 2.05) is 57.2 Å². The fourth-order valence-corrected chi connectivity index (χ4v) is 4.39. The molecule has 0 radical (unpaired) electrons. The van der Waals surface area contributed by atoms with E-state index in [0.29, 0.717) is 23.1 Å². The van der Waals surface area contributed by atoms with Crippen LogP contribution < -0.4 is 5.43 Å². The smallest absolute Gasteiger partial charge is 0.290 e. The van der Waals surface area contributed by atoms with Crippen molar-refractivity contribution in [2.45, 2.75) is 40.7 Å². The highest BCUT2D eigenvalue weighted by Gasteiger charge is 2.42. The number of likely N-dealkylation sites (N-methyl/N-ethyl adjacent to an activating group) is 1. The summed E-state index contributed by atoms with van der Waals surface area (Å²) in [5.41, 5.74) is 4.98. The molecule has 5 nitrogen and oxygen atoms in total. The molecule has 1 unspecified atom stereocenters. The summed E-state index contributed by atoms with van der Waals surface area (Å²) in [6.45, 7) is 13.4. The van der Waals surface area contributed by atoms with Crippen molar-refractivity contribution < 1.29 is 9.21 Å². The number of amides is 1. The van der Waals surface area contributed by atoms with Crippen LogP contribution in [0.3, 0.4) is 0 Å². The molecule has 4 rings (SSSR count). The van der Waals surface area contributed by atoms with Gasteiger partial charge in [-0.15, -0.1) is 0 Å². The predicted molar refractivity (Wildman–Crippen MR) is 124 cm³/mol. The van der Waals surface area contributed by atoms with E-state index in [4.69, 9.17) is 4.42 Å². The minimum absolute atomic E-state index is 0.108. The lowest BCUT2D eigenvalue weighted by molar-refractivity contribution is 0.0708. The van der Waals surface area contributed by atoms with Crippen molar-refractivity contribution >= 4 is 16.9 Å². The van der Waals surface area contributed by atoms with E-state index >= 15 is 0 Å². The van der Waals surface area contributed by atoms with E-state index in [2.05, 4.69) is 18.7 Å². The Labute approximate surface area is 183 Å².